The van der Waals surface area contributed by atoms with Crippen LogP contribution in [-0.2, 0) is 0 Å². The summed E-state index contributed by atoms with van der Waals surface area (Å²) in [5.41, 5.74) is 4.23. The minimum Gasteiger partial charge on any atom is -0.389 e. The Bertz CT molecular complexity index is 329. The standard InChI is InChI=1S/C10H13NOS/c1-7-10(13-6-11-7)8-3-2-4-9(12)5-8/h5-6,9,12H,2-4H2,1H3. The lowest BCUT2D eigenvalue weighted by atomic mass is 9.96. The highest BCUT2D eigenvalue weighted by molar-refractivity contribution is 7.10. The molecule has 1 N–H and O–H groups in total. The van der Waals surface area contributed by atoms with Crippen LogP contribution in [-0.4, -0.2) is 16.2 Å². The molecular formula is C10H13NOS. The number of aliphatic hydroxyl groups excluding tert-OH is 1. The van der Waals surface area contributed by atoms with Crippen LogP contribution in [0.25, 0.3) is 5.57 Å². The van der Waals surface area contributed by atoms with Crippen molar-refractivity contribution in [3.05, 3.63) is 22.2 Å². The van der Waals surface area contributed by atoms with E-state index in [1.54, 1.807) is 11.3 Å². The van der Waals surface area contributed by atoms with Gasteiger partial charge in [-0.2, -0.15) is 0 Å². The van der Waals surface area contributed by atoms with Crippen molar-refractivity contribution in [2.24, 2.45) is 0 Å². The Labute approximate surface area is 81.9 Å². The summed E-state index contributed by atoms with van der Waals surface area (Å²) in [5, 5.41) is 9.48. The smallest absolute Gasteiger partial charge is 0.0801 e. The average molecular weight is 195 g/mol. The minimum absolute atomic E-state index is 0.245. The van der Waals surface area contributed by atoms with Crippen molar-refractivity contribution in [2.45, 2.75) is 32.3 Å². The molecule has 0 aliphatic heterocycles. The molecule has 0 saturated heterocycles. The molecule has 0 fully saturated rings. The van der Waals surface area contributed by atoms with Crippen LogP contribution in [0.4, 0.5) is 0 Å². The average Bonchev–Trinajstić information content (AvgIpc) is 2.51. The quantitative estimate of drug-likeness (QED) is 0.746. The Morgan fingerprint density at radius 2 is 2.46 bits per heavy atom. The molecule has 1 aromatic heterocycles. The summed E-state index contributed by atoms with van der Waals surface area (Å²) in [6.45, 7) is 2.02. The van der Waals surface area contributed by atoms with Crippen molar-refractivity contribution in [1.29, 1.82) is 0 Å². The second kappa shape index (κ2) is 3.60. The molecule has 0 amide bonds. The van der Waals surface area contributed by atoms with Crippen LogP contribution < -0.4 is 0 Å². The van der Waals surface area contributed by atoms with Gasteiger partial charge in [0.25, 0.3) is 0 Å². The van der Waals surface area contributed by atoms with Crippen molar-refractivity contribution in [3.63, 3.8) is 0 Å². The van der Waals surface area contributed by atoms with Crippen LogP contribution >= 0.6 is 11.3 Å². The first kappa shape index (κ1) is 8.91. The van der Waals surface area contributed by atoms with Crippen molar-refractivity contribution < 1.29 is 5.11 Å². The van der Waals surface area contributed by atoms with E-state index in [0.29, 0.717) is 0 Å². The van der Waals surface area contributed by atoms with Gasteiger partial charge in [0.2, 0.25) is 0 Å². The van der Waals surface area contributed by atoms with Gasteiger partial charge < -0.3 is 5.11 Å². The predicted molar refractivity (Wildman–Crippen MR) is 54.7 cm³/mol. The van der Waals surface area contributed by atoms with E-state index in [4.69, 9.17) is 0 Å². The van der Waals surface area contributed by atoms with Crippen LogP contribution in [0.5, 0.6) is 0 Å². The largest absolute Gasteiger partial charge is 0.389 e. The van der Waals surface area contributed by atoms with Gasteiger partial charge in [0.1, 0.15) is 0 Å². The summed E-state index contributed by atoms with van der Waals surface area (Å²) < 4.78 is 0. The summed E-state index contributed by atoms with van der Waals surface area (Å²) >= 11 is 1.67. The molecule has 2 rings (SSSR count). The molecule has 0 aromatic carbocycles. The number of allylic oxidation sites excluding steroid dienone is 1. The summed E-state index contributed by atoms with van der Waals surface area (Å²) in [6, 6.07) is 0. The summed E-state index contributed by atoms with van der Waals surface area (Å²) in [5.74, 6) is 0. The van der Waals surface area contributed by atoms with Crippen LogP contribution in [0.3, 0.4) is 0 Å². The lowest BCUT2D eigenvalue weighted by Gasteiger charge is -2.16. The lowest BCUT2D eigenvalue weighted by Crippen LogP contribution is -2.08. The van der Waals surface area contributed by atoms with Gasteiger partial charge in [-0.3, -0.25) is 0 Å². The van der Waals surface area contributed by atoms with Crippen molar-refractivity contribution in [1.82, 2.24) is 4.98 Å². The molecule has 1 aliphatic carbocycles. The van der Waals surface area contributed by atoms with Crippen molar-refractivity contribution in [2.75, 3.05) is 0 Å². The SMILES string of the molecule is Cc1ncsc1C1=CC(O)CCC1. The molecule has 1 aliphatic rings. The highest BCUT2D eigenvalue weighted by Crippen LogP contribution is 2.31. The first-order valence-corrected chi connectivity index (χ1v) is 5.44. The van der Waals surface area contributed by atoms with E-state index in [1.807, 2.05) is 18.5 Å². The highest BCUT2D eigenvalue weighted by atomic mass is 32.1. The molecule has 0 spiro atoms. The number of hydrogen-bond donors (Lipinski definition) is 1. The fraction of sp³-hybridized carbons (Fsp3) is 0.500. The van der Waals surface area contributed by atoms with Crippen LogP contribution in [0.1, 0.15) is 29.8 Å². The van der Waals surface area contributed by atoms with Gasteiger partial charge >= 0.3 is 0 Å². The van der Waals surface area contributed by atoms with Crippen LogP contribution in [0.15, 0.2) is 11.6 Å². The Kier molecular flexibility index (Phi) is 2.47. The number of rotatable bonds is 1. The molecule has 1 unspecified atom stereocenters. The molecule has 0 saturated carbocycles. The van der Waals surface area contributed by atoms with Gasteiger partial charge in [0.15, 0.2) is 0 Å². The number of nitrogens with zero attached hydrogens (tertiary/aromatic N) is 1. The monoisotopic (exact) mass is 195 g/mol. The van der Waals surface area contributed by atoms with Crippen molar-refractivity contribution >= 4 is 16.9 Å². The van der Waals surface area contributed by atoms with E-state index in [1.165, 1.54) is 10.5 Å². The number of thiazole rings is 1. The molecule has 0 bridgehead atoms. The molecule has 3 heteroatoms. The normalized spacial score (nSPS) is 22.9. The summed E-state index contributed by atoms with van der Waals surface area (Å²) in [6.07, 6.45) is 4.81. The Hall–Kier alpha value is -0.670. The third kappa shape index (κ3) is 1.81. The van der Waals surface area contributed by atoms with E-state index in [-0.39, 0.29) is 6.10 Å². The third-order valence-electron chi connectivity index (χ3n) is 2.38. The van der Waals surface area contributed by atoms with Gasteiger partial charge in [0.05, 0.1) is 22.2 Å². The highest BCUT2D eigenvalue weighted by Gasteiger charge is 2.14. The molecule has 1 atom stereocenters. The predicted octanol–water partition coefficient (Wildman–Crippen LogP) is 2.38. The Morgan fingerprint density at radius 1 is 1.62 bits per heavy atom. The summed E-state index contributed by atoms with van der Waals surface area (Å²) in [7, 11) is 0. The summed E-state index contributed by atoms with van der Waals surface area (Å²) in [4.78, 5) is 5.46. The Balaban J connectivity index is 2.30. The van der Waals surface area contributed by atoms with E-state index in [9.17, 15) is 5.11 Å². The fourth-order valence-electron chi connectivity index (χ4n) is 1.70. The molecule has 13 heavy (non-hydrogen) atoms. The second-order valence-corrected chi connectivity index (χ2v) is 4.27. The van der Waals surface area contributed by atoms with E-state index < -0.39 is 0 Å². The fourth-order valence-corrected chi connectivity index (χ4v) is 2.56. The van der Waals surface area contributed by atoms with Gasteiger partial charge in [-0.05, 0) is 31.8 Å². The van der Waals surface area contributed by atoms with Crippen LogP contribution in [0.2, 0.25) is 0 Å². The molecule has 2 nitrogen and oxygen atoms in total. The zero-order valence-electron chi connectivity index (χ0n) is 7.66. The van der Waals surface area contributed by atoms with Gasteiger partial charge in [-0.25, -0.2) is 4.98 Å². The first-order chi connectivity index (χ1) is 6.27. The van der Waals surface area contributed by atoms with Crippen molar-refractivity contribution in [3.8, 4) is 0 Å². The first-order valence-electron chi connectivity index (χ1n) is 4.56. The molecular weight excluding hydrogens is 182 g/mol. The Morgan fingerprint density at radius 3 is 3.08 bits per heavy atom. The number of aliphatic hydroxyl groups is 1. The zero-order valence-corrected chi connectivity index (χ0v) is 8.47. The molecule has 70 valence electrons. The topological polar surface area (TPSA) is 33.1 Å². The number of aryl methyl sites for hydroxylation is 1. The van der Waals surface area contributed by atoms with E-state index in [0.717, 1.165) is 25.0 Å². The van der Waals surface area contributed by atoms with E-state index in [2.05, 4.69) is 4.98 Å². The maximum atomic E-state index is 9.48. The third-order valence-corrected chi connectivity index (χ3v) is 3.38. The molecule has 1 aromatic rings. The van der Waals surface area contributed by atoms with Crippen LogP contribution in [0, 0.1) is 6.92 Å². The number of aromatic nitrogens is 1. The lowest BCUT2D eigenvalue weighted by molar-refractivity contribution is 0.206. The number of hydrogen-bond acceptors (Lipinski definition) is 3. The molecule has 1 heterocycles. The van der Waals surface area contributed by atoms with Gasteiger partial charge in [0, 0.05) is 0 Å². The molecule has 0 radical (unpaired) electrons. The minimum atomic E-state index is -0.245. The second-order valence-electron chi connectivity index (χ2n) is 3.42. The maximum Gasteiger partial charge on any atom is 0.0801 e. The van der Waals surface area contributed by atoms with Gasteiger partial charge in [-0.15, -0.1) is 11.3 Å². The van der Waals surface area contributed by atoms with Gasteiger partial charge in [-0.1, -0.05) is 6.08 Å². The maximum absolute atomic E-state index is 9.48. The van der Waals surface area contributed by atoms with E-state index >= 15 is 0 Å². The zero-order chi connectivity index (χ0) is 9.26.